The highest BCUT2D eigenvalue weighted by Gasteiger charge is 2.26. The van der Waals surface area contributed by atoms with Gasteiger partial charge in [0.25, 0.3) is 0 Å². The van der Waals surface area contributed by atoms with Gasteiger partial charge in [0.1, 0.15) is 0 Å². The summed E-state index contributed by atoms with van der Waals surface area (Å²) in [5.41, 5.74) is 0. The van der Waals surface area contributed by atoms with Crippen LogP contribution in [0.2, 0.25) is 6.04 Å². The van der Waals surface area contributed by atoms with Crippen molar-refractivity contribution in [2.24, 2.45) is 11.8 Å². The molecule has 2 atom stereocenters. The Morgan fingerprint density at radius 3 is 2.60 bits per heavy atom. The smallest absolute Gasteiger partial charge is 0.321 e. The molecule has 2 unspecified atom stereocenters. The fourth-order valence-electron chi connectivity index (χ4n) is 2.51. The summed E-state index contributed by atoms with van der Waals surface area (Å²) >= 11 is 0. The molecule has 3 nitrogen and oxygen atoms in total. The van der Waals surface area contributed by atoms with Crippen LogP contribution in [-0.2, 0) is 8.85 Å². The minimum absolute atomic E-state index is 0.786. The number of nitrogens with one attached hydrogen (secondary N) is 1. The first-order valence-corrected chi connectivity index (χ1v) is 7.84. The van der Waals surface area contributed by atoms with E-state index in [1.807, 2.05) is 0 Å². The Morgan fingerprint density at radius 1 is 1.40 bits per heavy atom. The molecule has 0 saturated carbocycles. The third-order valence-corrected chi connectivity index (χ3v) is 5.59. The highest BCUT2D eigenvalue weighted by Crippen LogP contribution is 2.27. The predicted molar refractivity (Wildman–Crippen MR) is 65.3 cm³/mol. The molecule has 0 radical (unpaired) electrons. The van der Waals surface area contributed by atoms with Crippen LogP contribution >= 0.6 is 0 Å². The fourth-order valence-corrected chi connectivity index (χ4v) is 4.30. The average molecular weight is 231 g/mol. The standard InChI is InChI=1S/C11H25NO2Si/c1-4-10(9-15(13-2)14-3)11-6-5-7-12-8-11/h10-12,15H,4-9H2,1-3H3. The quantitative estimate of drug-likeness (QED) is 0.703. The number of piperidine rings is 1. The van der Waals surface area contributed by atoms with Crippen molar-refractivity contribution in [2.75, 3.05) is 27.3 Å². The van der Waals surface area contributed by atoms with Gasteiger partial charge in [0.2, 0.25) is 0 Å². The molecule has 0 aliphatic carbocycles. The van der Waals surface area contributed by atoms with E-state index in [0.717, 1.165) is 17.9 Å². The molecule has 1 N–H and O–H groups in total. The van der Waals surface area contributed by atoms with Gasteiger partial charge in [-0.3, -0.25) is 0 Å². The SMILES string of the molecule is CCC(C[SiH](OC)OC)C1CCCNC1. The van der Waals surface area contributed by atoms with Gasteiger partial charge in [-0.1, -0.05) is 13.3 Å². The summed E-state index contributed by atoms with van der Waals surface area (Å²) in [5, 5.41) is 3.49. The fraction of sp³-hybridized carbons (Fsp3) is 1.00. The van der Waals surface area contributed by atoms with E-state index in [1.165, 1.54) is 32.4 Å². The van der Waals surface area contributed by atoms with Gasteiger partial charge in [0.15, 0.2) is 0 Å². The molecule has 1 rings (SSSR count). The molecule has 0 spiro atoms. The average Bonchev–Trinajstić information content (AvgIpc) is 2.32. The van der Waals surface area contributed by atoms with Gasteiger partial charge in [-0.25, -0.2) is 0 Å². The molecule has 0 aromatic heterocycles. The third-order valence-electron chi connectivity index (χ3n) is 3.55. The summed E-state index contributed by atoms with van der Waals surface area (Å²) in [6, 6.07) is 1.16. The van der Waals surface area contributed by atoms with Gasteiger partial charge < -0.3 is 14.2 Å². The molecule has 0 aromatic carbocycles. The molecule has 15 heavy (non-hydrogen) atoms. The maximum atomic E-state index is 5.42. The monoisotopic (exact) mass is 231 g/mol. The van der Waals surface area contributed by atoms with Crippen molar-refractivity contribution in [2.45, 2.75) is 32.2 Å². The second kappa shape index (κ2) is 7.38. The van der Waals surface area contributed by atoms with Crippen LogP contribution in [0.4, 0.5) is 0 Å². The molecule has 4 heteroatoms. The van der Waals surface area contributed by atoms with Gasteiger partial charge >= 0.3 is 9.28 Å². The van der Waals surface area contributed by atoms with Crippen LogP contribution in [0.5, 0.6) is 0 Å². The zero-order valence-electron chi connectivity index (χ0n) is 10.3. The molecule has 1 heterocycles. The van der Waals surface area contributed by atoms with Gasteiger partial charge in [-0.15, -0.1) is 0 Å². The Morgan fingerprint density at radius 2 is 2.13 bits per heavy atom. The summed E-state index contributed by atoms with van der Waals surface area (Å²) in [6.45, 7) is 4.67. The lowest BCUT2D eigenvalue weighted by atomic mass is 9.86. The summed E-state index contributed by atoms with van der Waals surface area (Å²) in [6.07, 6.45) is 3.95. The molecule has 1 aliphatic rings. The first kappa shape index (κ1) is 13.2. The van der Waals surface area contributed by atoms with Crippen LogP contribution in [0, 0.1) is 11.8 Å². The van der Waals surface area contributed by atoms with Crippen molar-refractivity contribution >= 4 is 9.28 Å². The Bertz CT molecular complexity index is 159. The zero-order chi connectivity index (χ0) is 11.1. The van der Waals surface area contributed by atoms with E-state index < -0.39 is 9.28 Å². The Balaban J connectivity index is 2.38. The Labute approximate surface area is 95.4 Å². The topological polar surface area (TPSA) is 30.5 Å². The normalized spacial score (nSPS) is 24.4. The largest absolute Gasteiger partial charge is 0.400 e. The molecule has 90 valence electrons. The van der Waals surface area contributed by atoms with Crippen LogP contribution in [0.3, 0.4) is 0 Å². The van der Waals surface area contributed by atoms with Crippen molar-refractivity contribution in [3.8, 4) is 0 Å². The summed E-state index contributed by atoms with van der Waals surface area (Å²) in [7, 11) is 2.20. The van der Waals surface area contributed by atoms with E-state index in [-0.39, 0.29) is 0 Å². The van der Waals surface area contributed by atoms with E-state index in [0.29, 0.717) is 0 Å². The third kappa shape index (κ3) is 4.22. The Hall–Kier alpha value is 0.0969. The molecule has 0 aromatic rings. The second-order valence-corrected chi connectivity index (χ2v) is 6.68. The molecule has 0 bridgehead atoms. The summed E-state index contributed by atoms with van der Waals surface area (Å²) < 4.78 is 10.8. The zero-order valence-corrected chi connectivity index (χ0v) is 11.4. The molecular formula is C11H25NO2Si. The van der Waals surface area contributed by atoms with Crippen molar-refractivity contribution < 1.29 is 8.85 Å². The maximum Gasteiger partial charge on any atom is 0.321 e. The van der Waals surface area contributed by atoms with Crippen molar-refractivity contribution in [1.82, 2.24) is 5.32 Å². The molecule has 1 saturated heterocycles. The molecule has 1 aliphatic heterocycles. The number of hydrogen-bond acceptors (Lipinski definition) is 3. The van der Waals surface area contributed by atoms with E-state index in [1.54, 1.807) is 14.2 Å². The van der Waals surface area contributed by atoms with Crippen LogP contribution in [-0.4, -0.2) is 36.6 Å². The van der Waals surface area contributed by atoms with Gasteiger partial charge in [0.05, 0.1) is 0 Å². The number of hydrogen-bond donors (Lipinski definition) is 1. The summed E-state index contributed by atoms with van der Waals surface area (Å²) in [4.78, 5) is 0. The van der Waals surface area contributed by atoms with Crippen molar-refractivity contribution in [3.63, 3.8) is 0 Å². The van der Waals surface area contributed by atoms with E-state index in [2.05, 4.69) is 12.2 Å². The van der Waals surface area contributed by atoms with Crippen LogP contribution < -0.4 is 5.32 Å². The predicted octanol–water partition coefficient (Wildman–Crippen LogP) is 1.53. The van der Waals surface area contributed by atoms with Crippen LogP contribution in [0.25, 0.3) is 0 Å². The van der Waals surface area contributed by atoms with Crippen LogP contribution in [0.1, 0.15) is 26.2 Å². The lowest BCUT2D eigenvalue weighted by molar-refractivity contribution is 0.232. The second-order valence-electron chi connectivity index (χ2n) is 4.41. The molecule has 0 amide bonds. The van der Waals surface area contributed by atoms with E-state index in [9.17, 15) is 0 Å². The van der Waals surface area contributed by atoms with Gasteiger partial charge in [-0.05, 0) is 43.8 Å². The van der Waals surface area contributed by atoms with Crippen molar-refractivity contribution in [1.29, 1.82) is 0 Å². The lowest BCUT2D eigenvalue weighted by Crippen LogP contribution is -2.36. The Kier molecular flexibility index (Phi) is 6.48. The van der Waals surface area contributed by atoms with E-state index >= 15 is 0 Å². The maximum absolute atomic E-state index is 5.42. The minimum atomic E-state index is -1.37. The van der Waals surface area contributed by atoms with Gasteiger partial charge in [0, 0.05) is 14.2 Å². The highest BCUT2D eigenvalue weighted by molar-refractivity contribution is 6.44. The molecular weight excluding hydrogens is 206 g/mol. The van der Waals surface area contributed by atoms with Crippen LogP contribution in [0.15, 0.2) is 0 Å². The first-order valence-electron chi connectivity index (χ1n) is 6.08. The number of rotatable bonds is 6. The first-order chi connectivity index (χ1) is 7.31. The minimum Gasteiger partial charge on any atom is -0.400 e. The van der Waals surface area contributed by atoms with E-state index in [4.69, 9.17) is 8.85 Å². The van der Waals surface area contributed by atoms with Gasteiger partial charge in [-0.2, -0.15) is 0 Å². The van der Waals surface area contributed by atoms with Crippen molar-refractivity contribution in [3.05, 3.63) is 0 Å². The molecule has 1 fully saturated rings. The summed E-state index contributed by atoms with van der Waals surface area (Å²) in [5.74, 6) is 1.62. The highest BCUT2D eigenvalue weighted by atomic mass is 28.3. The lowest BCUT2D eigenvalue weighted by Gasteiger charge is -2.31.